The van der Waals surface area contributed by atoms with Crippen LogP contribution in [0.1, 0.15) is 35.4 Å². The number of methoxy groups -OCH3 is 1. The Kier molecular flexibility index (Phi) is 4.87. The highest BCUT2D eigenvalue weighted by Crippen LogP contribution is 2.41. The Hall–Kier alpha value is -2.00. The fourth-order valence-corrected chi connectivity index (χ4v) is 3.31. The fraction of sp³-hybridized carbons (Fsp3) is 0.400. The first-order valence-corrected chi connectivity index (χ1v) is 8.22. The molecule has 3 rings (SSSR count). The van der Waals surface area contributed by atoms with Crippen LogP contribution >= 0.6 is 0 Å². The Balaban J connectivity index is 1.99. The molecule has 0 fully saturated rings. The van der Waals surface area contributed by atoms with E-state index >= 15 is 0 Å². The molecular weight excluding hydrogens is 286 g/mol. The van der Waals surface area contributed by atoms with Gasteiger partial charge in [-0.2, -0.15) is 0 Å². The van der Waals surface area contributed by atoms with Gasteiger partial charge in [0.15, 0.2) is 0 Å². The molecule has 3 nitrogen and oxygen atoms in total. The van der Waals surface area contributed by atoms with Crippen LogP contribution in [0.2, 0.25) is 0 Å². The van der Waals surface area contributed by atoms with Crippen molar-refractivity contribution in [2.45, 2.75) is 25.4 Å². The maximum Gasteiger partial charge on any atom is 0.123 e. The molecular formula is C20H25NO2. The van der Waals surface area contributed by atoms with Crippen molar-refractivity contribution in [1.29, 1.82) is 0 Å². The van der Waals surface area contributed by atoms with Crippen LogP contribution in [0.5, 0.6) is 11.5 Å². The first-order valence-electron chi connectivity index (χ1n) is 8.22. The molecule has 0 radical (unpaired) electrons. The second kappa shape index (κ2) is 7.05. The zero-order chi connectivity index (χ0) is 16.2. The van der Waals surface area contributed by atoms with Gasteiger partial charge in [-0.05, 0) is 62.8 Å². The predicted octanol–water partition coefficient (Wildman–Crippen LogP) is 4.06. The number of fused-ring (bicyclic) bond motifs is 2. The van der Waals surface area contributed by atoms with Gasteiger partial charge in [0.1, 0.15) is 18.1 Å². The topological polar surface area (TPSA) is 21.7 Å². The first-order chi connectivity index (χ1) is 11.2. The summed E-state index contributed by atoms with van der Waals surface area (Å²) in [4.78, 5) is 2.24. The first kappa shape index (κ1) is 15.9. The molecule has 0 saturated carbocycles. The zero-order valence-electron chi connectivity index (χ0n) is 14.2. The Morgan fingerprint density at radius 3 is 2.74 bits per heavy atom. The highest BCUT2D eigenvalue weighted by molar-refractivity contribution is 5.49. The quantitative estimate of drug-likeness (QED) is 0.831. The summed E-state index contributed by atoms with van der Waals surface area (Å²) in [5, 5.41) is 0. The molecule has 0 N–H and O–H groups in total. The van der Waals surface area contributed by atoms with E-state index in [9.17, 15) is 0 Å². The van der Waals surface area contributed by atoms with Gasteiger partial charge in [0.05, 0.1) is 7.11 Å². The zero-order valence-corrected chi connectivity index (χ0v) is 14.2. The number of benzene rings is 2. The van der Waals surface area contributed by atoms with Crippen LogP contribution in [0.15, 0.2) is 42.5 Å². The van der Waals surface area contributed by atoms with Crippen LogP contribution in [0.4, 0.5) is 0 Å². The van der Waals surface area contributed by atoms with Gasteiger partial charge < -0.3 is 14.4 Å². The lowest BCUT2D eigenvalue weighted by molar-refractivity contribution is 0.305. The van der Waals surface area contributed by atoms with Gasteiger partial charge in [0, 0.05) is 11.5 Å². The molecule has 1 atom stereocenters. The van der Waals surface area contributed by atoms with Gasteiger partial charge >= 0.3 is 0 Å². The van der Waals surface area contributed by atoms with Crippen LogP contribution in [0.25, 0.3) is 0 Å². The van der Waals surface area contributed by atoms with E-state index in [-0.39, 0.29) is 0 Å². The van der Waals surface area contributed by atoms with E-state index in [1.807, 2.05) is 12.1 Å². The lowest BCUT2D eigenvalue weighted by Gasteiger charge is -2.20. The Bertz CT molecular complexity index is 666. The maximum absolute atomic E-state index is 6.07. The van der Waals surface area contributed by atoms with Crippen molar-refractivity contribution in [3.8, 4) is 11.5 Å². The summed E-state index contributed by atoms with van der Waals surface area (Å²) in [5.74, 6) is 2.24. The van der Waals surface area contributed by atoms with Crippen LogP contribution in [0.3, 0.4) is 0 Å². The summed E-state index contributed by atoms with van der Waals surface area (Å²) in [6.45, 7) is 1.73. The monoisotopic (exact) mass is 311 g/mol. The second-order valence-corrected chi connectivity index (χ2v) is 6.39. The molecule has 0 bridgehead atoms. The number of hydrogen-bond acceptors (Lipinski definition) is 3. The van der Waals surface area contributed by atoms with Crippen LogP contribution in [-0.2, 0) is 6.61 Å². The van der Waals surface area contributed by atoms with Crippen LogP contribution in [-0.4, -0.2) is 32.6 Å². The number of nitrogens with zero attached hydrogens (tertiary/aromatic N) is 1. The summed E-state index contributed by atoms with van der Waals surface area (Å²) in [6, 6.07) is 14.8. The van der Waals surface area contributed by atoms with E-state index in [0.717, 1.165) is 30.9 Å². The minimum atomic E-state index is 0.360. The lowest BCUT2D eigenvalue weighted by Crippen LogP contribution is -2.14. The third-order valence-corrected chi connectivity index (χ3v) is 4.50. The Morgan fingerprint density at radius 1 is 1.13 bits per heavy atom. The van der Waals surface area contributed by atoms with Crippen molar-refractivity contribution in [3.63, 3.8) is 0 Å². The third-order valence-electron chi connectivity index (χ3n) is 4.50. The highest BCUT2D eigenvalue weighted by atomic mass is 16.5. The molecule has 3 heteroatoms. The standard InChI is InChI=1S/C20H25NO2/c1-21(2)12-6-9-18-17-8-5-4-7-15(17)14-23-20-11-10-16(22-3)13-19(18)20/h4-5,7-8,10-11,13,18H,6,9,12,14H2,1-3H3. The molecule has 2 aromatic carbocycles. The number of rotatable bonds is 5. The van der Waals surface area contributed by atoms with Crippen LogP contribution < -0.4 is 9.47 Å². The summed E-state index contributed by atoms with van der Waals surface area (Å²) in [7, 11) is 5.97. The van der Waals surface area contributed by atoms with Crippen molar-refractivity contribution in [3.05, 3.63) is 59.2 Å². The minimum absolute atomic E-state index is 0.360. The van der Waals surface area contributed by atoms with Gasteiger partial charge in [-0.3, -0.25) is 0 Å². The molecule has 0 aliphatic carbocycles. The molecule has 23 heavy (non-hydrogen) atoms. The normalized spacial score (nSPS) is 16.3. The summed E-state index contributed by atoms with van der Waals surface area (Å²) in [5.41, 5.74) is 3.92. The Morgan fingerprint density at radius 2 is 1.96 bits per heavy atom. The molecule has 122 valence electrons. The van der Waals surface area contributed by atoms with Gasteiger partial charge in [-0.1, -0.05) is 24.3 Å². The van der Waals surface area contributed by atoms with Gasteiger partial charge in [-0.25, -0.2) is 0 Å². The smallest absolute Gasteiger partial charge is 0.123 e. The lowest BCUT2D eigenvalue weighted by atomic mass is 9.85. The average Bonchev–Trinajstić information content (AvgIpc) is 2.71. The van der Waals surface area contributed by atoms with E-state index in [0.29, 0.717) is 12.5 Å². The van der Waals surface area contributed by atoms with Crippen molar-refractivity contribution in [1.82, 2.24) is 4.90 Å². The van der Waals surface area contributed by atoms with E-state index in [1.54, 1.807) is 7.11 Å². The SMILES string of the molecule is COc1ccc2c(c1)C(CCCN(C)C)c1ccccc1CO2. The van der Waals surface area contributed by atoms with Gasteiger partial charge in [0.25, 0.3) is 0 Å². The molecule has 0 amide bonds. The van der Waals surface area contributed by atoms with Crippen molar-refractivity contribution >= 4 is 0 Å². The minimum Gasteiger partial charge on any atom is -0.497 e. The molecule has 1 aliphatic rings. The molecule has 0 spiro atoms. The molecule has 1 aliphatic heterocycles. The van der Waals surface area contributed by atoms with Crippen molar-refractivity contribution in [2.24, 2.45) is 0 Å². The summed E-state index contributed by atoms with van der Waals surface area (Å²) >= 11 is 0. The van der Waals surface area contributed by atoms with Gasteiger partial charge in [0.2, 0.25) is 0 Å². The van der Waals surface area contributed by atoms with E-state index in [2.05, 4.69) is 49.3 Å². The van der Waals surface area contributed by atoms with E-state index < -0.39 is 0 Å². The highest BCUT2D eigenvalue weighted by Gasteiger charge is 2.24. The average molecular weight is 311 g/mol. The van der Waals surface area contributed by atoms with Gasteiger partial charge in [-0.15, -0.1) is 0 Å². The molecule has 2 aromatic rings. The number of ether oxygens (including phenoxy) is 2. The molecule has 0 aromatic heterocycles. The summed E-state index contributed by atoms with van der Waals surface area (Å²) < 4.78 is 11.5. The molecule has 1 unspecified atom stereocenters. The van der Waals surface area contributed by atoms with Crippen LogP contribution in [0, 0.1) is 0 Å². The van der Waals surface area contributed by atoms with E-state index in [1.165, 1.54) is 16.7 Å². The largest absolute Gasteiger partial charge is 0.497 e. The van der Waals surface area contributed by atoms with E-state index in [4.69, 9.17) is 9.47 Å². The molecule has 1 heterocycles. The predicted molar refractivity (Wildman–Crippen MR) is 93.4 cm³/mol. The number of hydrogen-bond donors (Lipinski definition) is 0. The molecule has 0 saturated heterocycles. The summed E-state index contributed by atoms with van der Waals surface area (Å²) in [6.07, 6.45) is 2.27. The van der Waals surface area contributed by atoms with Crippen molar-refractivity contribution in [2.75, 3.05) is 27.7 Å². The maximum atomic E-state index is 6.07. The fourth-order valence-electron chi connectivity index (χ4n) is 3.31. The Labute approximate surface area is 138 Å². The van der Waals surface area contributed by atoms with Crippen molar-refractivity contribution < 1.29 is 9.47 Å². The third kappa shape index (κ3) is 3.50. The second-order valence-electron chi connectivity index (χ2n) is 6.39.